The first-order valence-corrected chi connectivity index (χ1v) is 10.1. The van der Waals surface area contributed by atoms with Crippen LogP contribution in [-0.4, -0.2) is 36.1 Å². The van der Waals surface area contributed by atoms with Crippen LogP contribution < -0.4 is 15.0 Å². The fourth-order valence-electron chi connectivity index (χ4n) is 3.51. The van der Waals surface area contributed by atoms with Gasteiger partial charge in [0.15, 0.2) is 5.82 Å². The van der Waals surface area contributed by atoms with Crippen molar-refractivity contribution >= 4 is 44.4 Å². The van der Waals surface area contributed by atoms with Gasteiger partial charge in [-0.25, -0.2) is 9.97 Å². The average molecular weight is 441 g/mol. The molecule has 7 heteroatoms. The molecule has 0 radical (unpaired) electrons. The number of fused-ring (bicyclic) bond motifs is 1. The lowest BCUT2D eigenvalue weighted by Gasteiger charge is -2.33. The van der Waals surface area contributed by atoms with Gasteiger partial charge in [-0.15, -0.1) is 0 Å². The molecule has 1 aromatic heterocycles. The molecular formula is C21H21BrN4O2. The Kier molecular flexibility index (Phi) is 5.43. The maximum Gasteiger partial charge on any atom is 0.257 e. The zero-order valence-electron chi connectivity index (χ0n) is 15.6. The number of carbonyl (C=O) groups is 1. The summed E-state index contributed by atoms with van der Waals surface area (Å²) in [5, 5.41) is 3.02. The molecule has 6 nitrogen and oxygen atoms in total. The largest absolute Gasteiger partial charge is 0.478 e. The first-order chi connectivity index (χ1) is 13.6. The summed E-state index contributed by atoms with van der Waals surface area (Å²) in [6.45, 7) is 1.41. The number of rotatable bonds is 4. The first kappa shape index (κ1) is 18.7. The summed E-state index contributed by atoms with van der Waals surface area (Å²) >= 11 is 3.44. The number of halogens is 1. The molecule has 1 saturated heterocycles. The molecule has 0 aliphatic carbocycles. The number of aromatic nitrogens is 2. The van der Waals surface area contributed by atoms with Gasteiger partial charge in [0.1, 0.15) is 0 Å². The highest BCUT2D eigenvalue weighted by Crippen LogP contribution is 2.30. The number of ether oxygens (including phenoxy) is 1. The Morgan fingerprint density at radius 1 is 1.18 bits per heavy atom. The van der Waals surface area contributed by atoms with Gasteiger partial charge in [0, 0.05) is 23.2 Å². The summed E-state index contributed by atoms with van der Waals surface area (Å²) in [6.07, 6.45) is 1.76. The lowest BCUT2D eigenvalue weighted by molar-refractivity contribution is -0.120. The summed E-state index contributed by atoms with van der Waals surface area (Å²) in [7, 11) is 1.60. The SMILES string of the molecule is COc1nc2ccccc2nc1N1CCCC(C(=O)Nc2cccc(Br)c2)C1. The van der Waals surface area contributed by atoms with Crippen molar-refractivity contribution in [2.24, 2.45) is 5.92 Å². The van der Waals surface area contributed by atoms with Crippen molar-refractivity contribution in [3.63, 3.8) is 0 Å². The molecule has 2 aromatic carbocycles. The lowest BCUT2D eigenvalue weighted by atomic mass is 9.97. The summed E-state index contributed by atoms with van der Waals surface area (Å²) in [5.41, 5.74) is 2.41. The Bertz CT molecular complexity index is 1010. The number of benzene rings is 2. The molecule has 3 aromatic rings. The number of methoxy groups -OCH3 is 1. The zero-order chi connectivity index (χ0) is 19.5. The quantitative estimate of drug-likeness (QED) is 0.656. The highest BCUT2D eigenvalue weighted by molar-refractivity contribution is 9.10. The van der Waals surface area contributed by atoms with Crippen molar-refractivity contribution in [3.8, 4) is 5.88 Å². The second-order valence-electron chi connectivity index (χ2n) is 6.83. The highest BCUT2D eigenvalue weighted by Gasteiger charge is 2.29. The number of carbonyl (C=O) groups excluding carboxylic acids is 1. The maximum absolute atomic E-state index is 12.8. The number of para-hydroxylation sites is 2. The van der Waals surface area contributed by atoms with E-state index in [1.807, 2.05) is 48.5 Å². The maximum atomic E-state index is 12.8. The van der Waals surface area contributed by atoms with E-state index in [1.54, 1.807) is 7.11 Å². The molecule has 28 heavy (non-hydrogen) atoms. The molecule has 1 N–H and O–H groups in total. The van der Waals surface area contributed by atoms with Crippen LogP contribution in [0.2, 0.25) is 0 Å². The Morgan fingerprint density at radius 2 is 1.96 bits per heavy atom. The summed E-state index contributed by atoms with van der Waals surface area (Å²) in [6, 6.07) is 15.4. The summed E-state index contributed by atoms with van der Waals surface area (Å²) in [5.74, 6) is 1.09. The lowest BCUT2D eigenvalue weighted by Crippen LogP contribution is -2.41. The fraction of sp³-hybridized carbons (Fsp3) is 0.286. The third-order valence-corrected chi connectivity index (χ3v) is 5.39. The van der Waals surface area contributed by atoms with Gasteiger partial charge in [-0.05, 0) is 43.2 Å². The monoisotopic (exact) mass is 440 g/mol. The normalized spacial score (nSPS) is 16.8. The Hall–Kier alpha value is -2.67. The molecule has 0 bridgehead atoms. The van der Waals surface area contributed by atoms with Crippen LogP contribution in [0.4, 0.5) is 11.5 Å². The van der Waals surface area contributed by atoms with Crippen LogP contribution in [0.5, 0.6) is 5.88 Å². The van der Waals surface area contributed by atoms with Crippen LogP contribution in [0, 0.1) is 5.92 Å². The van der Waals surface area contributed by atoms with E-state index >= 15 is 0 Å². The van der Waals surface area contributed by atoms with Gasteiger partial charge in [-0.3, -0.25) is 4.79 Å². The predicted molar refractivity (Wildman–Crippen MR) is 114 cm³/mol. The molecule has 1 atom stereocenters. The molecule has 0 spiro atoms. The van der Waals surface area contributed by atoms with E-state index < -0.39 is 0 Å². The van der Waals surface area contributed by atoms with Crippen molar-refractivity contribution in [1.82, 2.24) is 9.97 Å². The van der Waals surface area contributed by atoms with Crippen molar-refractivity contribution in [2.45, 2.75) is 12.8 Å². The third-order valence-electron chi connectivity index (χ3n) is 4.90. The van der Waals surface area contributed by atoms with Crippen LogP contribution in [0.3, 0.4) is 0 Å². The van der Waals surface area contributed by atoms with E-state index in [9.17, 15) is 4.79 Å². The molecule has 4 rings (SSSR count). The van der Waals surface area contributed by atoms with E-state index in [2.05, 4.69) is 31.1 Å². The number of hydrogen-bond donors (Lipinski definition) is 1. The summed E-state index contributed by atoms with van der Waals surface area (Å²) < 4.78 is 6.43. The van der Waals surface area contributed by atoms with Crippen molar-refractivity contribution in [2.75, 3.05) is 30.4 Å². The molecule has 1 aliphatic rings. The molecule has 1 amide bonds. The minimum atomic E-state index is -0.120. The topological polar surface area (TPSA) is 67.4 Å². The first-order valence-electron chi connectivity index (χ1n) is 9.26. The van der Waals surface area contributed by atoms with Crippen molar-refractivity contribution < 1.29 is 9.53 Å². The van der Waals surface area contributed by atoms with Crippen LogP contribution in [0.15, 0.2) is 53.0 Å². The van der Waals surface area contributed by atoms with Crippen LogP contribution in [0.1, 0.15) is 12.8 Å². The number of nitrogens with one attached hydrogen (secondary N) is 1. The second kappa shape index (κ2) is 8.14. The Morgan fingerprint density at radius 3 is 2.71 bits per heavy atom. The van der Waals surface area contributed by atoms with Gasteiger partial charge >= 0.3 is 0 Å². The summed E-state index contributed by atoms with van der Waals surface area (Å²) in [4.78, 5) is 24.2. The van der Waals surface area contributed by atoms with E-state index in [4.69, 9.17) is 9.72 Å². The molecule has 144 valence electrons. The zero-order valence-corrected chi connectivity index (χ0v) is 17.1. The fourth-order valence-corrected chi connectivity index (χ4v) is 3.91. The standard InChI is InChI=1S/C21H21BrN4O2/c1-28-21-19(24-17-9-2-3-10-18(17)25-21)26-11-5-6-14(13-26)20(27)23-16-8-4-7-15(22)12-16/h2-4,7-10,12,14H,5-6,11,13H2,1H3,(H,23,27). The third kappa shape index (κ3) is 3.94. The van der Waals surface area contributed by atoms with Gasteiger partial charge in [-0.1, -0.05) is 34.1 Å². The molecule has 1 aliphatic heterocycles. The molecule has 0 saturated carbocycles. The van der Waals surface area contributed by atoms with Gasteiger partial charge < -0.3 is 15.0 Å². The van der Waals surface area contributed by atoms with Crippen LogP contribution in [-0.2, 0) is 4.79 Å². The predicted octanol–water partition coefficient (Wildman–Crippen LogP) is 4.26. The number of hydrogen-bond acceptors (Lipinski definition) is 5. The number of nitrogens with zero attached hydrogens (tertiary/aromatic N) is 3. The number of amides is 1. The Labute approximate surface area is 172 Å². The minimum Gasteiger partial charge on any atom is -0.478 e. The van der Waals surface area contributed by atoms with Gasteiger partial charge in [0.05, 0.1) is 24.1 Å². The van der Waals surface area contributed by atoms with Crippen LogP contribution >= 0.6 is 15.9 Å². The van der Waals surface area contributed by atoms with E-state index in [0.717, 1.165) is 40.6 Å². The molecule has 2 heterocycles. The van der Waals surface area contributed by atoms with Gasteiger partial charge in [0.2, 0.25) is 5.91 Å². The van der Waals surface area contributed by atoms with Crippen molar-refractivity contribution in [1.29, 1.82) is 0 Å². The molecule has 1 unspecified atom stereocenters. The van der Waals surface area contributed by atoms with Crippen LogP contribution in [0.25, 0.3) is 11.0 Å². The van der Waals surface area contributed by atoms with Gasteiger partial charge in [0.25, 0.3) is 5.88 Å². The Balaban J connectivity index is 1.55. The smallest absolute Gasteiger partial charge is 0.257 e. The van der Waals surface area contributed by atoms with E-state index in [0.29, 0.717) is 18.2 Å². The molecule has 1 fully saturated rings. The minimum absolute atomic E-state index is 0.0236. The van der Waals surface area contributed by atoms with E-state index in [1.165, 1.54) is 0 Å². The van der Waals surface area contributed by atoms with Gasteiger partial charge in [-0.2, -0.15) is 0 Å². The number of anilines is 2. The second-order valence-corrected chi connectivity index (χ2v) is 7.75. The number of piperidine rings is 1. The average Bonchev–Trinajstić information content (AvgIpc) is 2.73. The van der Waals surface area contributed by atoms with Crippen molar-refractivity contribution in [3.05, 3.63) is 53.0 Å². The highest BCUT2D eigenvalue weighted by atomic mass is 79.9. The van der Waals surface area contributed by atoms with E-state index in [-0.39, 0.29) is 11.8 Å². The molecular weight excluding hydrogens is 420 g/mol.